The van der Waals surface area contributed by atoms with E-state index in [4.69, 9.17) is 21.7 Å². The Hall–Kier alpha value is -3.12. The van der Waals surface area contributed by atoms with Crippen LogP contribution in [0.4, 0.5) is 11.4 Å². The zero-order valence-electron chi connectivity index (χ0n) is 15.8. The van der Waals surface area contributed by atoms with E-state index in [2.05, 4.69) is 36.3 Å². The lowest BCUT2D eigenvalue weighted by Gasteiger charge is -2.26. The highest BCUT2D eigenvalue weighted by atomic mass is 32.1. The monoisotopic (exact) mass is 391 g/mol. The normalized spacial score (nSPS) is 11.9. The Bertz CT molecular complexity index is 1010. The molecule has 2 heterocycles. The molecule has 6 heteroatoms. The standard InChI is InChI=1S/C22H21N3O2S/c1-15-3-4-18(11-16(15)2)24-22(28)25(13-17-7-9-23-10-8-17)19-5-6-20-21(12-19)27-14-26-20/h3-12H,13-14H2,1-2H3,(H,24,28). The lowest BCUT2D eigenvalue weighted by atomic mass is 10.1. The first kappa shape index (κ1) is 18.3. The minimum atomic E-state index is 0.245. The lowest BCUT2D eigenvalue weighted by Crippen LogP contribution is -2.34. The van der Waals surface area contributed by atoms with Gasteiger partial charge in [0.25, 0.3) is 0 Å². The van der Waals surface area contributed by atoms with E-state index in [1.807, 2.05) is 41.3 Å². The Morgan fingerprint density at radius 1 is 1.00 bits per heavy atom. The number of benzene rings is 2. The van der Waals surface area contributed by atoms with E-state index in [1.54, 1.807) is 12.4 Å². The Morgan fingerprint density at radius 2 is 1.79 bits per heavy atom. The quantitative estimate of drug-likeness (QED) is 0.643. The third-order valence-electron chi connectivity index (χ3n) is 4.76. The van der Waals surface area contributed by atoms with E-state index in [0.29, 0.717) is 11.7 Å². The molecule has 0 atom stereocenters. The second-order valence-electron chi connectivity index (χ2n) is 6.71. The van der Waals surface area contributed by atoms with Gasteiger partial charge < -0.3 is 19.7 Å². The number of fused-ring (bicyclic) bond motifs is 1. The maximum atomic E-state index is 5.77. The first-order valence-corrected chi connectivity index (χ1v) is 9.45. The molecule has 0 fully saturated rings. The van der Waals surface area contributed by atoms with Crippen molar-refractivity contribution in [3.8, 4) is 11.5 Å². The molecule has 4 rings (SSSR count). The van der Waals surface area contributed by atoms with Crippen molar-refractivity contribution >= 4 is 28.7 Å². The summed E-state index contributed by atoms with van der Waals surface area (Å²) < 4.78 is 11.0. The highest BCUT2D eigenvalue weighted by molar-refractivity contribution is 7.80. The zero-order valence-corrected chi connectivity index (χ0v) is 16.6. The average Bonchev–Trinajstić information content (AvgIpc) is 3.17. The third kappa shape index (κ3) is 3.92. The summed E-state index contributed by atoms with van der Waals surface area (Å²) in [7, 11) is 0. The molecule has 28 heavy (non-hydrogen) atoms. The molecule has 0 bridgehead atoms. The van der Waals surface area contributed by atoms with Gasteiger partial charge in [-0.2, -0.15) is 0 Å². The van der Waals surface area contributed by atoms with Gasteiger partial charge in [0.2, 0.25) is 6.79 Å². The largest absolute Gasteiger partial charge is 0.454 e. The van der Waals surface area contributed by atoms with Crippen molar-refractivity contribution in [3.63, 3.8) is 0 Å². The second-order valence-corrected chi connectivity index (χ2v) is 7.10. The van der Waals surface area contributed by atoms with E-state index < -0.39 is 0 Å². The maximum Gasteiger partial charge on any atom is 0.231 e. The van der Waals surface area contributed by atoms with Crippen molar-refractivity contribution < 1.29 is 9.47 Å². The van der Waals surface area contributed by atoms with Crippen LogP contribution in [0.1, 0.15) is 16.7 Å². The summed E-state index contributed by atoms with van der Waals surface area (Å²) in [5.74, 6) is 1.48. The Kier molecular flexibility index (Phi) is 5.12. The van der Waals surface area contributed by atoms with Crippen LogP contribution >= 0.6 is 12.2 Å². The topological polar surface area (TPSA) is 46.6 Å². The van der Waals surface area contributed by atoms with E-state index >= 15 is 0 Å². The SMILES string of the molecule is Cc1ccc(NC(=S)N(Cc2ccncc2)c2ccc3c(c2)OCO3)cc1C. The Morgan fingerprint density at radius 3 is 2.57 bits per heavy atom. The highest BCUT2D eigenvalue weighted by Gasteiger charge is 2.19. The van der Waals surface area contributed by atoms with Crippen LogP contribution in [0.25, 0.3) is 0 Å². The van der Waals surface area contributed by atoms with Crippen LogP contribution in [0.2, 0.25) is 0 Å². The van der Waals surface area contributed by atoms with Gasteiger partial charge in [-0.05, 0) is 79.2 Å². The summed E-state index contributed by atoms with van der Waals surface area (Å²) in [4.78, 5) is 6.14. The minimum absolute atomic E-state index is 0.245. The van der Waals surface area contributed by atoms with Gasteiger partial charge in [-0.15, -0.1) is 0 Å². The molecular formula is C22H21N3O2S. The number of anilines is 2. The van der Waals surface area contributed by atoms with Gasteiger partial charge in [0, 0.05) is 29.8 Å². The zero-order chi connectivity index (χ0) is 19.5. The fourth-order valence-corrected chi connectivity index (χ4v) is 3.30. The molecule has 5 nitrogen and oxygen atoms in total. The number of hydrogen-bond acceptors (Lipinski definition) is 4. The molecule has 0 unspecified atom stereocenters. The Balaban J connectivity index is 1.63. The fourth-order valence-electron chi connectivity index (χ4n) is 3.01. The molecule has 3 aromatic rings. The predicted octanol–water partition coefficient (Wildman–Crippen LogP) is 4.83. The van der Waals surface area contributed by atoms with Crippen molar-refractivity contribution in [1.82, 2.24) is 4.98 Å². The molecule has 142 valence electrons. The van der Waals surface area contributed by atoms with Crippen LogP contribution in [-0.4, -0.2) is 16.9 Å². The van der Waals surface area contributed by atoms with Gasteiger partial charge in [0.15, 0.2) is 16.6 Å². The third-order valence-corrected chi connectivity index (χ3v) is 5.08. The van der Waals surface area contributed by atoms with Crippen molar-refractivity contribution in [2.45, 2.75) is 20.4 Å². The molecule has 1 aliphatic heterocycles. The molecule has 1 N–H and O–H groups in total. The predicted molar refractivity (Wildman–Crippen MR) is 115 cm³/mol. The van der Waals surface area contributed by atoms with E-state index in [0.717, 1.165) is 28.4 Å². The molecule has 0 radical (unpaired) electrons. The molecule has 0 saturated carbocycles. The number of aromatic nitrogens is 1. The van der Waals surface area contributed by atoms with Gasteiger partial charge in [-0.25, -0.2) is 0 Å². The second kappa shape index (κ2) is 7.86. The number of nitrogens with zero attached hydrogens (tertiary/aromatic N) is 2. The van der Waals surface area contributed by atoms with Crippen LogP contribution < -0.4 is 19.7 Å². The highest BCUT2D eigenvalue weighted by Crippen LogP contribution is 2.36. The number of pyridine rings is 1. The van der Waals surface area contributed by atoms with Gasteiger partial charge in [0.1, 0.15) is 0 Å². The van der Waals surface area contributed by atoms with Crippen LogP contribution in [0.15, 0.2) is 60.9 Å². The summed E-state index contributed by atoms with van der Waals surface area (Å²) in [5, 5.41) is 3.98. The number of thiocarbonyl (C=S) groups is 1. The lowest BCUT2D eigenvalue weighted by molar-refractivity contribution is 0.174. The van der Waals surface area contributed by atoms with Crippen molar-refractivity contribution in [2.24, 2.45) is 0 Å². The molecule has 0 spiro atoms. The summed E-state index contributed by atoms with van der Waals surface area (Å²) in [6.45, 7) is 5.04. The van der Waals surface area contributed by atoms with E-state index in [1.165, 1.54) is 11.1 Å². The average molecular weight is 391 g/mol. The minimum Gasteiger partial charge on any atom is -0.454 e. The van der Waals surface area contributed by atoms with Gasteiger partial charge >= 0.3 is 0 Å². The summed E-state index contributed by atoms with van der Waals surface area (Å²) in [5.41, 5.74) is 5.48. The molecule has 2 aromatic carbocycles. The summed E-state index contributed by atoms with van der Waals surface area (Å²) in [6, 6.07) is 16.1. The van der Waals surface area contributed by atoms with Crippen molar-refractivity contribution in [2.75, 3.05) is 17.0 Å². The molecule has 0 amide bonds. The Labute approximate surface area is 169 Å². The first-order chi connectivity index (χ1) is 13.6. The van der Waals surface area contributed by atoms with Crippen molar-refractivity contribution in [3.05, 3.63) is 77.6 Å². The van der Waals surface area contributed by atoms with Crippen LogP contribution in [-0.2, 0) is 6.54 Å². The molecule has 1 aromatic heterocycles. The molecular weight excluding hydrogens is 370 g/mol. The van der Waals surface area contributed by atoms with E-state index in [9.17, 15) is 0 Å². The smallest absolute Gasteiger partial charge is 0.231 e. The van der Waals surface area contributed by atoms with E-state index in [-0.39, 0.29) is 6.79 Å². The number of nitrogens with one attached hydrogen (secondary N) is 1. The summed E-state index contributed by atoms with van der Waals surface area (Å²) >= 11 is 5.77. The van der Waals surface area contributed by atoms with Gasteiger partial charge in [0.05, 0.1) is 6.54 Å². The maximum absolute atomic E-state index is 5.77. The van der Waals surface area contributed by atoms with Crippen LogP contribution in [0.3, 0.4) is 0 Å². The number of hydrogen-bond donors (Lipinski definition) is 1. The molecule has 0 aliphatic carbocycles. The number of aryl methyl sites for hydroxylation is 2. The number of rotatable bonds is 4. The molecule has 0 saturated heterocycles. The first-order valence-electron chi connectivity index (χ1n) is 9.04. The van der Waals surface area contributed by atoms with Crippen LogP contribution in [0.5, 0.6) is 11.5 Å². The van der Waals surface area contributed by atoms with Gasteiger partial charge in [-0.3, -0.25) is 4.98 Å². The van der Waals surface area contributed by atoms with Crippen molar-refractivity contribution in [1.29, 1.82) is 0 Å². The van der Waals surface area contributed by atoms with Crippen LogP contribution in [0, 0.1) is 13.8 Å². The van der Waals surface area contributed by atoms with Gasteiger partial charge in [-0.1, -0.05) is 6.07 Å². The molecule has 1 aliphatic rings. The number of ether oxygens (including phenoxy) is 2. The summed E-state index contributed by atoms with van der Waals surface area (Å²) in [6.07, 6.45) is 3.57. The fraction of sp³-hybridized carbons (Fsp3) is 0.182.